The lowest BCUT2D eigenvalue weighted by Gasteiger charge is -2.45. The Hall–Kier alpha value is -3.23. The van der Waals surface area contributed by atoms with Gasteiger partial charge in [0.25, 0.3) is 0 Å². The van der Waals surface area contributed by atoms with E-state index in [1.165, 1.54) is 116 Å². The van der Waals surface area contributed by atoms with Gasteiger partial charge in [0.1, 0.15) is 30.5 Å². The molecule has 1 fully saturated rings. The maximum atomic E-state index is 14.7. The van der Waals surface area contributed by atoms with Gasteiger partial charge in [0.15, 0.2) is 18.4 Å². The van der Waals surface area contributed by atoms with Gasteiger partial charge in [0, 0.05) is 12.8 Å². The Bertz CT molecular complexity index is 2010. The Morgan fingerprint density at radius 3 is 1.14 bits per heavy atom. The van der Waals surface area contributed by atoms with Crippen molar-refractivity contribution < 1.29 is 86.6 Å². The Kier molecular flexibility index (Phi) is 60.1. The Morgan fingerprint density at radius 2 is 0.786 bits per heavy atom. The van der Waals surface area contributed by atoms with Crippen molar-refractivity contribution in [3.05, 3.63) is 0 Å². The number of carbonyl (C=O) groups excluding carboxylic acids is 5. The number of esters is 3. The van der Waals surface area contributed by atoms with Gasteiger partial charge < -0.3 is 59.4 Å². The van der Waals surface area contributed by atoms with Gasteiger partial charge >= 0.3 is 31.7 Å². The summed E-state index contributed by atoms with van der Waals surface area (Å²) in [5, 5.41) is 37.3. The smallest absolute Gasteiger partial charge is 0.470 e. The van der Waals surface area contributed by atoms with E-state index < -0.39 is 131 Å². The van der Waals surface area contributed by atoms with Crippen LogP contribution in [0.2, 0.25) is 0 Å². The van der Waals surface area contributed by atoms with E-state index in [1.807, 2.05) is 0 Å². The number of aliphatic hydroxyl groups excluding tert-OH is 2. The van der Waals surface area contributed by atoms with Crippen molar-refractivity contribution in [2.24, 2.45) is 0 Å². The number of carboxylic acid groups (broad SMARTS) is 1. The fourth-order valence-electron chi connectivity index (χ4n) is 13.0. The first kappa shape index (κ1) is 92.8. The van der Waals surface area contributed by atoms with Crippen molar-refractivity contribution in [1.82, 2.24) is 10.6 Å². The summed E-state index contributed by atoms with van der Waals surface area (Å²) in [5.41, 5.74) is 0. The molecule has 1 heterocycles. The number of aliphatic carboxylic acids is 1. The number of amides is 2. The number of carbonyl (C=O) groups is 6. The standard InChI is InChI=1S/C77H145N2O18P/c1-6-11-16-21-26-31-32-37-42-47-52-57-71(85)94-65(55-50-45-40-35-29-24-19-14-9-4)60-72(86)96-75-73(79-69(83)59-64(54-49-44-39-34-28-23-18-13-8-3)93-70(84)56-51-46-41-36-30-25-20-15-10-5)77(95-67(61-80)74(75)97-98(89,90)91)92-62-66(76(87)88)78-68(82)58-63(81)53-48-43-38-33-27-22-17-12-7-2/h63-67,73-75,77,80-81H,6-62H2,1-5H3,(H,78,82)(H,79,83)(H,87,88)(H2,89,90,91)/t63-,64-,65-,66+,67-,73-,74-,75-,77+/m1/s1. The normalized spacial score (nSPS) is 17.6. The summed E-state index contributed by atoms with van der Waals surface area (Å²) in [6.45, 7) is 9.07. The van der Waals surface area contributed by atoms with Crippen molar-refractivity contribution in [2.45, 2.75) is 443 Å². The minimum atomic E-state index is -5.54. The monoisotopic (exact) mass is 1420 g/mol. The van der Waals surface area contributed by atoms with Crippen LogP contribution in [0, 0.1) is 0 Å². The molecule has 1 aliphatic heterocycles. The minimum absolute atomic E-state index is 0.135. The Morgan fingerprint density at radius 1 is 0.439 bits per heavy atom. The third-order valence-corrected chi connectivity index (χ3v) is 19.5. The zero-order valence-electron chi connectivity index (χ0n) is 62.5. The van der Waals surface area contributed by atoms with Gasteiger partial charge in [-0.1, -0.05) is 311 Å². The summed E-state index contributed by atoms with van der Waals surface area (Å²) >= 11 is 0. The van der Waals surface area contributed by atoms with Crippen LogP contribution in [-0.4, -0.2) is 129 Å². The second kappa shape index (κ2) is 63.5. The van der Waals surface area contributed by atoms with Crippen LogP contribution in [0.15, 0.2) is 0 Å². The molecule has 576 valence electrons. The molecule has 1 saturated heterocycles. The second-order valence-electron chi connectivity index (χ2n) is 28.3. The van der Waals surface area contributed by atoms with E-state index in [9.17, 15) is 58.4 Å². The van der Waals surface area contributed by atoms with Crippen molar-refractivity contribution in [2.75, 3.05) is 13.2 Å². The van der Waals surface area contributed by atoms with Gasteiger partial charge in [0.05, 0.1) is 38.6 Å². The lowest BCUT2D eigenvalue weighted by Crippen LogP contribution is -2.66. The third kappa shape index (κ3) is 52.7. The Labute approximate surface area is 594 Å². The van der Waals surface area contributed by atoms with Crippen LogP contribution in [-0.2, 0) is 61.5 Å². The molecular formula is C77H145N2O18P. The molecule has 21 heteroatoms. The van der Waals surface area contributed by atoms with Crippen LogP contribution in [0.25, 0.3) is 0 Å². The van der Waals surface area contributed by atoms with Gasteiger partial charge in [-0.05, 0) is 44.9 Å². The van der Waals surface area contributed by atoms with E-state index in [4.69, 9.17) is 28.2 Å². The van der Waals surface area contributed by atoms with E-state index in [0.717, 1.165) is 154 Å². The van der Waals surface area contributed by atoms with E-state index >= 15 is 0 Å². The molecule has 0 aromatic heterocycles. The first-order valence-corrected chi connectivity index (χ1v) is 41.6. The maximum absolute atomic E-state index is 14.7. The lowest BCUT2D eigenvalue weighted by molar-refractivity contribution is -0.272. The highest BCUT2D eigenvalue weighted by Gasteiger charge is 2.52. The highest BCUT2D eigenvalue weighted by atomic mass is 31.2. The van der Waals surface area contributed by atoms with Crippen molar-refractivity contribution >= 4 is 43.5 Å². The van der Waals surface area contributed by atoms with Gasteiger partial charge in [-0.15, -0.1) is 0 Å². The molecule has 7 N–H and O–H groups in total. The number of unbranched alkanes of at least 4 members (excludes halogenated alkanes) is 42. The first-order chi connectivity index (χ1) is 47.4. The average Bonchev–Trinajstić information content (AvgIpc) is 0.783. The molecule has 20 nitrogen and oxygen atoms in total. The number of phosphoric ester groups is 1. The predicted octanol–water partition coefficient (Wildman–Crippen LogP) is 17.9. The van der Waals surface area contributed by atoms with Gasteiger partial charge in [-0.25, -0.2) is 9.36 Å². The molecule has 2 amide bonds. The maximum Gasteiger partial charge on any atom is 0.470 e. The van der Waals surface area contributed by atoms with E-state index in [0.29, 0.717) is 51.4 Å². The minimum Gasteiger partial charge on any atom is -0.480 e. The number of carboxylic acids is 1. The lowest BCUT2D eigenvalue weighted by atomic mass is 9.95. The van der Waals surface area contributed by atoms with E-state index in [1.54, 1.807) is 0 Å². The van der Waals surface area contributed by atoms with E-state index in [2.05, 4.69) is 45.3 Å². The summed E-state index contributed by atoms with van der Waals surface area (Å²) < 4.78 is 48.6. The van der Waals surface area contributed by atoms with Crippen molar-refractivity contribution in [3.8, 4) is 0 Å². The number of nitrogens with one attached hydrogen (secondary N) is 2. The van der Waals surface area contributed by atoms with Crippen LogP contribution in [0.4, 0.5) is 0 Å². The van der Waals surface area contributed by atoms with Crippen molar-refractivity contribution in [1.29, 1.82) is 0 Å². The summed E-state index contributed by atoms with van der Waals surface area (Å²) in [7, 11) is -5.54. The quantitative estimate of drug-likeness (QED) is 0.0129. The highest BCUT2D eigenvalue weighted by molar-refractivity contribution is 7.46. The van der Waals surface area contributed by atoms with Crippen LogP contribution in [0.1, 0.15) is 388 Å². The number of rotatable bonds is 70. The molecule has 0 bridgehead atoms. The molecule has 0 saturated carbocycles. The third-order valence-electron chi connectivity index (χ3n) is 18.9. The topological polar surface area (TPSA) is 300 Å². The number of hydrogen-bond acceptors (Lipinski definition) is 15. The second-order valence-corrected chi connectivity index (χ2v) is 29.5. The SMILES string of the molecule is CCCCCCCCCCCCCC(=O)O[C@H](CCCCCCCCCCC)CC(=O)O[C@@H]1[C@@H](NC(=O)C[C@@H](CCCCCCCCCCC)OC(=O)CCCCCCCCCCC)[C@@H](OC[C@H](NC(=O)C[C@H](O)CCCCCCCCCCC)C(=O)O)O[C@H](CO)[C@H]1OP(=O)(O)O. The highest BCUT2D eigenvalue weighted by Crippen LogP contribution is 2.42. The molecule has 0 radical (unpaired) electrons. The summed E-state index contributed by atoms with van der Waals surface area (Å²) in [6, 6.07) is -3.54. The van der Waals surface area contributed by atoms with Crippen LogP contribution < -0.4 is 10.6 Å². The molecule has 98 heavy (non-hydrogen) atoms. The largest absolute Gasteiger partial charge is 0.480 e. The fourth-order valence-corrected chi connectivity index (χ4v) is 13.6. The Balaban J connectivity index is 3.68. The molecule has 0 aromatic rings. The molecule has 0 unspecified atom stereocenters. The average molecular weight is 1420 g/mol. The van der Waals surface area contributed by atoms with Crippen LogP contribution >= 0.6 is 7.82 Å². The molecule has 0 aromatic carbocycles. The summed E-state index contributed by atoms with van der Waals surface area (Å²) in [5.74, 6) is -5.07. The molecule has 0 spiro atoms. The van der Waals surface area contributed by atoms with Crippen LogP contribution in [0.5, 0.6) is 0 Å². The summed E-state index contributed by atoms with van der Waals surface area (Å²) in [6.07, 6.45) is 38.9. The fraction of sp³-hybridized carbons (Fsp3) is 0.922. The molecule has 9 atom stereocenters. The predicted molar refractivity (Wildman–Crippen MR) is 388 cm³/mol. The first-order valence-electron chi connectivity index (χ1n) is 40.1. The number of ether oxygens (including phenoxy) is 5. The molecule has 1 aliphatic rings. The van der Waals surface area contributed by atoms with Gasteiger partial charge in [-0.3, -0.25) is 28.5 Å². The van der Waals surface area contributed by atoms with Crippen molar-refractivity contribution in [3.63, 3.8) is 0 Å². The van der Waals surface area contributed by atoms with E-state index in [-0.39, 0.29) is 12.8 Å². The molecular weight excluding hydrogens is 1270 g/mol. The summed E-state index contributed by atoms with van der Waals surface area (Å²) in [4.78, 5) is 104. The molecule has 0 aliphatic carbocycles. The van der Waals surface area contributed by atoms with Gasteiger partial charge in [-0.2, -0.15) is 0 Å². The zero-order chi connectivity index (χ0) is 72.1. The number of aliphatic hydroxyl groups is 2. The molecule has 1 rings (SSSR count). The number of hydrogen-bond donors (Lipinski definition) is 7. The van der Waals surface area contributed by atoms with Crippen LogP contribution in [0.3, 0.4) is 0 Å². The number of phosphoric acid groups is 1. The zero-order valence-corrected chi connectivity index (χ0v) is 63.4. The van der Waals surface area contributed by atoms with Gasteiger partial charge in [0.2, 0.25) is 11.8 Å².